The zero-order valence-corrected chi connectivity index (χ0v) is 20.2. The molecular weight excluding hydrogens is 436 g/mol. The molecule has 2 heterocycles. The number of amidine groups is 1. The second-order valence-electron chi connectivity index (χ2n) is 8.87. The summed E-state index contributed by atoms with van der Waals surface area (Å²) in [6.07, 6.45) is 5.88. The average Bonchev–Trinajstić information content (AvgIpc) is 3.32. The molecule has 0 radical (unpaired) electrons. The lowest BCUT2D eigenvalue weighted by atomic mass is 10.1. The Bertz CT molecular complexity index is 935. The van der Waals surface area contributed by atoms with E-state index in [1.807, 2.05) is 17.9 Å². The number of anilines is 1. The number of carbonyl (C=O) groups is 1. The second-order valence-corrected chi connectivity index (χ2v) is 8.87. The molecular formula is C26H35F2N5O. The Morgan fingerprint density at radius 2 is 1.65 bits per heavy atom. The smallest absolute Gasteiger partial charge is 0.270 e. The molecule has 0 bridgehead atoms. The van der Waals surface area contributed by atoms with E-state index in [4.69, 9.17) is 0 Å². The lowest BCUT2D eigenvalue weighted by molar-refractivity contribution is -0.128. The second kappa shape index (κ2) is 11.4. The number of aliphatic imine (C=N–C) groups is 1. The number of benzene rings is 1. The molecule has 2 fully saturated rings. The molecule has 1 amide bonds. The number of carbonyl (C=O) groups excluding carboxylic acids is 1. The lowest BCUT2D eigenvalue weighted by Crippen LogP contribution is -2.52. The summed E-state index contributed by atoms with van der Waals surface area (Å²) in [5, 5.41) is 3.17. The molecule has 1 aromatic rings. The van der Waals surface area contributed by atoms with Gasteiger partial charge in [-0.1, -0.05) is 31.4 Å². The summed E-state index contributed by atoms with van der Waals surface area (Å²) in [6, 6.07) is 6.01. The van der Waals surface area contributed by atoms with Gasteiger partial charge in [-0.2, -0.15) is 0 Å². The molecule has 184 valence electrons. The third-order valence-electron chi connectivity index (χ3n) is 6.08. The van der Waals surface area contributed by atoms with Gasteiger partial charge in [-0.3, -0.25) is 9.69 Å². The van der Waals surface area contributed by atoms with E-state index in [2.05, 4.69) is 33.3 Å². The van der Waals surface area contributed by atoms with Gasteiger partial charge in [0.15, 0.2) is 5.84 Å². The Morgan fingerprint density at radius 1 is 1.06 bits per heavy atom. The quantitative estimate of drug-likeness (QED) is 0.346. The molecule has 2 aliphatic heterocycles. The Labute approximate surface area is 201 Å². The van der Waals surface area contributed by atoms with Gasteiger partial charge in [-0.25, -0.2) is 13.8 Å². The molecule has 0 spiro atoms. The molecule has 34 heavy (non-hydrogen) atoms. The third-order valence-corrected chi connectivity index (χ3v) is 6.08. The highest BCUT2D eigenvalue weighted by Gasteiger charge is 2.27. The summed E-state index contributed by atoms with van der Waals surface area (Å²) in [4.78, 5) is 23.6. The highest BCUT2D eigenvalue weighted by molar-refractivity contribution is 6.01. The summed E-state index contributed by atoms with van der Waals surface area (Å²) in [5.74, 6) is -2.21. The largest absolute Gasteiger partial charge is 0.353 e. The van der Waals surface area contributed by atoms with Crippen molar-refractivity contribution in [2.24, 2.45) is 4.99 Å². The van der Waals surface area contributed by atoms with Crippen LogP contribution >= 0.6 is 0 Å². The molecule has 0 aliphatic carbocycles. The Kier molecular flexibility index (Phi) is 8.61. The fourth-order valence-electron chi connectivity index (χ4n) is 4.20. The maximum atomic E-state index is 13.5. The summed E-state index contributed by atoms with van der Waals surface area (Å²) >= 11 is 0. The number of alkyl halides is 2. The molecule has 2 saturated heterocycles. The normalized spacial score (nSPS) is 17.9. The van der Waals surface area contributed by atoms with Crippen LogP contribution in [0.15, 0.2) is 66.0 Å². The predicted octanol–water partition coefficient (Wildman–Crippen LogP) is 4.45. The van der Waals surface area contributed by atoms with Crippen molar-refractivity contribution >= 4 is 17.4 Å². The van der Waals surface area contributed by atoms with Crippen LogP contribution in [0.5, 0.6) is 0 Å². The van der Waals surface area contributed by atoms with Gasteiger partial charge in [0.05, 0.1) is 5.70 Å². The van der Waals surface area contributed by atoms with Gasteiger partial charge in [-0.15, -0.1) is 0 Å². The van der Waals surface area contributed by atoms with Crippen LogP contribution in [0.2, 0.25) is 0 Å². The molecule has 6 nitrogen and oxygen atoms in total. The van der Waals surface area contributed by atoms with Crippen molar-refractivity contribution in [2.45, 2.75) is 32.6 Å². The molecule has 0 saturated carbocycles. The Hall–Kier alpha value is -3.00. The number of hydrogen-bond acceptors (Lipinski definition) is 4. The highest BCUT2D eigenvalue weighted by Crippen LogP contribution is 2.28. The van der Waals surface area contributed by atoms with Crippen LogP contribution in [0.25, 0.3) is 0 Å². The summed E-state index contributed by atoms with van der Waals surface area (Å²) in [7, 11) is 0. The van der Waals surface area contributed by atoms with Crippen molar-refractivity contribution < 1.29 is 13.6 Å². The van der Waals surface area contributed by atoms with Crippen LogP contribution in [-0.2, 0) is 10.7 Å². The van der Waals surface area contributed by atoms with Crippen molar-refractivity contribution in [3.05, 3.63) is 66.5 Å². The van der Waals surface area contributed by atoms with Gasteiger partial charge in [0.1, 0.15) is 0 Å². The minimum Gasteiger partial charge on any atom is -0.353 e. The molecule has 0 unspecified atom stereocenters. The molecule has 1 aromatic carbocycles. The van der Waals surface area contributed by atoms with Gasteiger partial charge in [0.25, 0.3) is 11.8 Å². The van der Waals surface area contributed by atoms with Crippen LogP contribution in [0.1, 0.15) is 32.3 Å². The monoisotopic (exact) mass is 471 g/mol. The first-order chi connectivity index (χ1) is 16.2. The van der Waals surface area contributed by atoms with Gasteiger partial charge in [0, 0.05) is 62.7 Å². The van der Waals surface area contributed by atoms with E-state index in [9.17, 15) is 13.6 Å². The zero-order valence-electron chi connectivity index (χ0n) is 20.2. The van der Waals surface area contributed by atoms with Crippen LogP contribution in [0.3, 0.4) is 0 Å². The van der Waals surface area contributed by atoms with Crippen LogP contribution < -0.4 is 5.32 Å². The molecule has 1 N–H and O–H groups in total. The van der Waals surface area contributed by atoms with Gasteiger partial charge in [0.2, 0.25) is 0 Å². The standard InChI is InChI=1S/C26H35F2N5O/c1-5-12-29-24(21(3)30-23-10-8-22(9-11-23)26(4,27)28)32-15-17-33(18-16-32)25(34)20(2)19-31-13-6-7-14-31/h5,8-12,30H,2-3,6-7,13-19H2,1,4H3/b12-5-,29-24+. The maximum Gasteiger partial charge on any atom is 0.270 e. The van der Waals surface area contributed by atoms with Crippen LogP contribution in [-0.4, -0.2) is 72.3 Å². The first kappa shape index (κ1) is 25.6. The Morgan fingerprint density at radius 3 is 2.21 bits per heavy atom. The van der Waals surface area contributed by atoms with Gasteiger partial charge >= 0.3 is 0 Å². The SMILES string of the molecule is C=C(CN1CCCC1)C(=O)N1CCN(/C(=N/C=C\C)C(=C)Nc2ccc(C(C)(F)F)cc2)CC1. The van der Waals surface area contributed by atoms with E-state index in [0.717, 1.165) is 20.0 Å². The number of amides is 1. The van der Waals surface area contributed by atoms with E-state index in [1.54, 1.807) is 18.3 Å². The van der Waals surface area contributed by atoms with Gasteiger partial charge < -0.3 is 15.1 Å². The van der Waals surface area contributed by atoms with E-state index in [-0.39, 0.29) is 11.5 Å². The summed E-state index contributed by atoms with van der Waals surface area (Å²) in [6.45, 7) is 16.0. The van der Waals surface area contributed by atoms with Crippen molar-refractivity contribution in [3.63, 3.8) is 0 Å². The van der Waals surface area contributed by atoms with E-state index in [1.165, 1.54) is 25.0 Å². The minimum atomic E-state index is -2.88. The molecule has 2 aliphatic rings. The Balaban J connectivity index is 1.60. The van der Waals surface area contributed by atoms with E-state index >= 15 is 0 Å². The predicted molar refractivity (Wildman–Crippen MR) is 134 cm³/mol. The fourth-order valence-corrected chi connectivity index (χ4v) is 4.20. The van der Waals surface area contributed by atoms with Crippen molar-refractivity contribution in [3.8, 4) is 0 Å². The number of nitrogens with zero attached hydrogens (tertiary/aromatic N) is 4. The lowest BCUT2D eigenvalue weighted by Gasteiger charge is -2.37. The topological polar surface area (TPSA) is 51.2 Å². The number of nitrogens with one attached hydrogen (secondary N) is 1. The summed E-state index contributed by atoms with van der Waals surface area (Å²) in [5.41, 5.74) is 1.81. The number of piperazine rings is 1. The molecule has 0 atom stereocenters. The van der Waals surface area contributed by atoms with Crippen molar-refractivity contribution in [2.75, 3.05) is 51.1 Å². The number of rotatable bonds is 8. The van der Waals surface area contributed by atoms with Crippen LogP contribution in [0.4, 0.5) is 14.5 Å². The van der Waals surface area contributed by atoms with Crippen molar-refractivity contribution in [1.29, 1.82) is 0 Å². The van der Waals surface area contributed by atoms with Crippen molar-refractivity contribution in [1.82, 2.24) is 14.7 Å². The first-order valence-electron chi connectivity index (χ1n) is 11.8. The average molecular weight is 472 g/mol. The molecule has 3 rings (SSSR count). The third kappa shape index (κ3) is 6.76. The number of halogens is 2. The first-order valence-corrected chi connectivity index (χ1v) is 11.8. The summed E-state index contributed by atoms with van der Waals surface area (Å²) < 4.78 is 27.0. The fraction of sp³-hybridized carbons (Fsp3) is 0.462. The van der Waals surface area contributed by atoms with E-state index < -0.39 is 5.92 Å². The van der Waals surface area contributed by atoms with Gasteiger partial charge in [-0.05, 0) is 45.0 Å². The maximum absolute atomic E-state index is 13.5. The number of allylic oxidation sites excluding steroid dienone is 1. The number of likely N-dealkylation sites (tertiary alicyclic amines) is 1. The zero-order chi connectivity index (χ0) is 24.7. The van der Waals surface area contributed by atoms with E-state index in [0.29, 0.717) is 55.5 Å². The highest BCUT2D eigenvalue weighted by atomic mass is 19.3. The molecule has 8 heteroatoms. The number of hydrogen-bond donors (Lipinski definition) is 1. The molecule has 0 aromatic heterocycles. The minimum absolute atomic E-state index is 0.0169. The van der Waals surface area contributed by atoms with Crippen LogP contribution in [0, 0.1) is 0 Å².